The number of amides is 1. The molecule has 0 bridgehead atoms. The molecule has 2 aliphatic rings. The fourth-order valence-electron chi connectivity index (χ4n) is 3.13. The van der Waals surface area contributed by atoms with Crippen molar-refractivity contribution in [1.82, 2.24) is 19.8 Å². The summed E-state index contributed by atoms with van der Waals surface area (Å²) in [6.07, 6.45) is 10.1. The number of carbonyl (C=O) groups is 1. The van der Waals surface area contributed by atoms with Crippen molar-refractivity contribution in [3.63, 3.8) is 0 Å². The molecule has 0 atom stereocenters. The van der Waals surface area contributed by atoms with E-state index in [1.807, 2.05) is 4.90 Å². The molecule has 1 saturated heterocycles. The van der Waals surface area contributed by atoms with Crippen LogP contribution in [-0.2, 0) is 0 Å². The maximum Gasteiger partial charge on any atom is 0.274 e. The molecule has 0 unspecified atom stereocenters. The predicted octanol–water partition coefficient (Wildman–Crippen LogP) is 1.18. The van der Waals surface area contributed by atoms with Gasteiger partial charge in [0.15, 0.2) is 0 Å². The third-order valence-electron chi connectivity index (χ3n) is 4.22. The predicted molar refractivity (Wildman–Crippen MR) is 71.8 cm³/mol. The van der Waals surface area contributed by atoms with Gasteiger partial charge < -0.3 is 4.90 Å². The fraction of sp³-hybridized carbons (Fsp3) is 0.643. The second-order valence-corrected chi connectivity index (χ2v) is 5.36. The van der Waals surface area contributed by atoms with Gasteiger partial charge in [0.2, 0.25) is 0 Å². The van der Waals surface area contributed by atoms with Gasteiger partial charge in [-0.05, 0) is 12.8 Å². The largest absolute Gasteiger partial charge is 0.335 e. The van der Waals surface area contributed by atoms with Crippen LogP contribution in [0.1, 0.15) is 36.2 Å². The van der Waals surface area contributed by atoms with Crippen molar-refractivity contribution in [3.05, 3.63) is 24.3 Å². The summed E-state index contributed by atoms with van der Waals surface area (Å²) >= 11 is 0. The number of nitrogens with zero attached hydrogens (tertiary/aromatic N) is 4. The fourth-order valence-corrected chi connectivity index (χ4v) is 3.13. The van der Waals surface area contributed by atoms with Crippen molar-refractivity contribution < 1.29 is 4.79 Å². The number of carbonyl (C=O) groups excluding carboxylic acids is 1. The van der Waals surface area contributed by atoms with E-state index in [2.05, 4.69) is 14.9 Å². The molecule has 5 nitrogen and oxygen atoms in total. The van der Waals surface area contributed by atoms with Gasteiger partial charge in [-0.15, -0.1) is 0 Å². The van der Waals surface area contributed by atoms with E-state index in [1.54, 1.807) is 18.6 Å². The average molecular weight is 260 g/mol. The normalized spacial score (nSPS) is 21.8. The Bertz CT molecular complexity index is 422. The second kappa shape index (κ2) is 5.65. The quantitative estimate of drug-likeness (QED) is 0.801. The molecule has 3 rings (SSSR count). The lowest BCUT2D eigenvalue weighted by Gasteiger charge is -2.37. The van der Waals surface area contributed by atoms with E-state index in [9.17, 15) is 4.79 Å². The summed E-state index contributed by atoms with van der Waals surface area (Å²) in [6, 6.07) is 0.758. The molecule has 1 aromatic heterocycles. The lowest BCUT2D eigenvalue weighted by atomic mass is 10.2. The van der Waals surface area contributed by atoms with Crippen molar-refractivity contribution >= 4 is 5.91 Å². The van der Waals surface area contributed by atoms with Gasteiger partial charge in [-0.25, -0.2) is 4.98 Å². The number of hydrogen-bond acceptors (Lipinski definition) is 4. The SMILES string of the molecule is O=C(c1cnccn1)N1CCN(C2CCCC2)CC1. The third kappa shape index (κ3) is 2.76. The summed E-state index contributed by atoms with van der Waals surface area (Å²) < 4.78 is 0. The molecule has 0 radical (unpaired) electrons. The van der Waals surface area contributed by atoms with Gasteiger partial charge in [0.1, 0.15) is 5.69 Å². The van der Waals surface area contributed by atoms with Gasteiger partial charge in [-0.3, -0.25) is 14.7 Å². The van der Waals surface area contributed by atoms with Gasteiger partial charge in [-0.2, -0.15) is 0 Å². The average Bonchev–Trinajstić information content (AvgIpc) is 3.02. The molecular formula is C14H20N4O. The highest BCUT2D eigenvalue weighted by Gasteiger charge is 2.28. The molecule has 1 aliphatic heterocycles. The van der Waals surface area contributed by atoms with Crippen LogP contribution in [0.5, 0.6) is 0 Å². The monoisotopic (exact) mass is 260 g/mol. The van der Waals surface area contributed by atoms with E-state index in [4.69, 9.17) is 0 Å². The Kier molecular flexibility index (Phi) is 3.73. The molecule has 2 heterocycles. The van der Waals surface area contributed by atoms with Crippen molar-refractivity contribution in [2.24, 2.45) is 0 Å². The molecule has 0 N–H and O–H groups in total. The first kappa shape index (κ1) is 12.5. The first-order chi connectivity index (χ1) is 9.34. The Morgan fingerprint density at radius 3 is 2.47 bits per heavy atom. The smallest absolute Gasteiger partial charge is 0.274 e. The molecule has 1 amide bonds. The topological polar surface area (TPSA) is 49.3 Å². The number of aromatic nitrogens is 2. The first-order valence-electron chi connectivity index (χ1n) is 7.14. The summed E-state index contributed by atoms with van der Waals surface area (Å²) in [5.41, 5.74) is 0.455. The zero-order valence-electron chi connectivity index (χ0n) is 11.2. The van der Waals surface area contributed by atoms with Gasteiger partial charge >= 0.3 is 0 Å². The minimum absolute atomic E-state index is 0.0131. The van der Waals surface area contributed by atoms with Crippen LogP contribution in [0.15, 0.2) is 18.6 Å². The maximum absolute atomic E-state index is 12.2. The highest BCUT2D eigenvalue weighted by atomic mass is 16.2. The Morgan fingerprint density at radius 1 is 1.11 bits per heavy atom. The van der Waals surface area contributed by atoms with E-state index in [0.717, 1.165) is 32.2 Å². The van der Waals surface area contributed by atoms with Crippen LogP contribution in [0, 0.1) is 0 Å². The van der Waals surface area contributed by atoms with Gasteiger partial charge in [-0.1, -0.05) is 12.8 Å². The summed E-state index contributed by atoms with van der Waals surface area (Å²) in [6.45, 7) is 3.62. The molecule has 102 valence electrons. The minimum Gasteiger partial charge on any atom is -0.335 e. The molecule has 0 spiro atoms. The van der Waals surface area contributed by atoms with E-state index < -0.39 is 0 Å². The zero-order chi connectivity index (χ0) is 13.1. The molecule has 5 heteroatoms. The molecular weight excluding hydrogens is 240 g/mol. The molecule has 0 aromatic carbocycles. The Balaban J connectivity index is 1.56. The molecule has 1 aliphatic carbocycles. The van der Waals surface area contributed by atoms with Crippen LogP contribution >= 0.6 is 0 Å². The highest BCUT2D eigenvalue weighted by molar-refractivity contribution is 5.92. The summed E-state index contributed by atoms with van der Waals surface area (Å²) in [5, 5.41) is 0. The van der Waals surface area contributed by atoms with E-state index in [1.165, 1.54) is 25.7 Å². The summed E-state index contributed by atoms with van der Waals surface area (Å²) in [5.74, 6) is 0.0131. The number of hydrogen-bond donors (Lipinski definition) is 0. The number of rotatable bonds is 2. The Morgan fingerprint density at radius 2 is 1.84 bits per heavy atom. The van der Waals surface area contributed by atoms with Crippen LogP contribution in [-0.4, -0.2) is 57.9 Å². The van der Waals surface area contributed by atoms with Crippen LogP contribution in [0.25, 0.3) is 0 Å². The van der Waals surface area contributed by atoms with Crippen LogP contribution in [0.3, 0.4) is 0 Å². The van der Waals surface area contributed by atoms with Gasteiger partial charge in [0.05, 0.1) is 6.20 Å². The molecule has 2 fully saturated rings. The molecule has 1 aromatic rings. The zero-order valence-corrected chi connectivity index (χ0v) is 11.2. The van der Waals surface area contributed by atoms with Crippen molar-refractivity contribution in [3.8, 4) is 0 Å². The summed E-state index contributed by atoms with van der Waals surface area (Å²) in [4.78, 5) is 24.7. The van der Waals surface area contributed by atoms with E-state index in [-0.39, 0.29) is 5.91 Å². The van der Waals surface area contributed by atoms with Gasteiger partial charge in [0, 0.05) is 44.6 Å². The van der Waals surface area contributed by atoms with Crippen molar-refractivity contribution in [2.45, 2.75) is 31.7 Å². The van der Waals surface area contributed by atoms with E-state index in [0.29, 0.717) is 5.69 Å². The van der Waals surface area contributed by atoms with Crippen LogP contribution < -0.4 is 0 Å². The van der Waals surface area contributed by atoms with E-state index >= 15 is 0 Å². The lowest BCUT2D eigenvalue weighted by Crippen LogP contribution is -2.51. The van der Waals surface area contributed by atoms with Gasteiger partial charge in [0.25, 0.3) is 5.91 Å². The third-order valence-corrected chi connectivity index (χ3v) is 4.22. The minimum atomic E-state index is 0.0131. The summed E-state index contributed by atoms with van der Waals surface area (Å²) in [7, 11) is 0. The maximum atomic E-state index is 12.2. The Hall–Kier alpha value is -1.49. The highest BCUT2D eigenvalue weighted by Crippen LogP contribution is 2.24. The Labute approximate surface area is 113 Å². The van der Waals surface area contributed by atoms with Crippen LogP contribution in [0.4, 0.5) is 0 Å². The van der Waals surface area contributed by atoms with Crippen molar-refractivity contribution in [1.29, 1.82) is 0 Å². The standard InChI is InChI=1S/C14H20N4O/c19-14(13-11-15-5-6-16-13)18-9-7-17(8-10-18)12-3-1-2-4-12/h5-6,11-12H,1-4,7-10H2. The number of piperazine rings is 1. The first-order valence-corrected chi connectivity index (χ1v) is 7.14. The second-order valence-electron chi connectivity index (χ2n) is 5.36. The molecule has 1 saturated carbocycles. The van der Waals surface area contributed by atoms with Crippen molar-refractivity contribution in [2.75, 3.05) is 26.2 Å². The van der Waals surface area contributed by atoms with Crippen LogP contribution in [0.2, 0.25) is 0 Å². The lowest BCUT2D eigenvalue weighted by molar-refractivity contribution is 0.0567. The molecule has 19 heavy (non-hydrogen) atoms.